The van der Waals surface area contributed by atoms with Gasteiger partial charge in [-0.05, 0) is 30.4 Å². The van der Waals surface area contributed by atoms with Gasteiger partial charge < -0.3 is 5.11 Å². The number of rotatable bonds is 5. The Balaban J connectivity index is 2.90. The van der Waals surface area contributed by atoms with Crippen LogP contribution >= 0.6 is 0 Å². The van der Waals surface area contributed by atoms with Crippen molar-refractivity contribution in [1.29, 1.82) is 0 Å². The van der Waals surface area contributed by atoms with Gasteiger partial charge in [-0.25, -0.2) is 8.78 Å². The SMILES string of the molecule is CC(C)Cc1ccc(C(C)(O)C(C)C(F)F)cc1. The van der Waals surface area contributed by atoms with Crippen molar-refractivity contribution in [2.75, 3.05) is 0 Å². The summed E-state index contributed by atoms with van der Waals surface area (Å²) in [4.78, 5) is 0. The van der Waals surface area contributed by atoms with Gasteiger partial charge in [0.2, 0.25) is 6.43 Å². The molecule has 18 heavy (non-hydrogen) atoms. The number of hydrogen-bond acceptors (Lipinski definition) is 1. The Morgan fingerprint density at radius 3 is 2.00 bits per heavy atom. The molecule has 0 aromatic heterocycles. The lowest BCUT2D eigenvalue weighted by Gasteiger charge is -2.30. The van der Waals surface area contributed by atoms with E-state index in [4.69, 9.17) is 0 Å². The normalized spacial score (nSPS) is 16.9. The molecule has 102 valence electrons. The quantitative estimate of drug-likeness (QED) is 0.844. The van der Waals surface area contributed by atoms with Gasteiger partial charge in [-0.1, -0.05) is 45.0 Å². The molecule has 1 nitrogen and oxygen atoms in total. The zero-order valence-electron chi connectivity index (χ0n) is 11.5. The van der Waals surface area contributed by atoms with Crippen molar-refractivity contribution in [2.45, 2.75) is 46.1 Å². The first-order chi connectivity index (χ1) is 8.25. The molecule has 0 heterocycles. The highest BCUT2D eigenvalue weighted by molar-refractivity contribution is 5.27. The molecule has 0 amide bonds. The minimum atomic E-state index is -2.53. The van der Waals surface area contributed by atoms with Gasteiger partial charge in [-0.15, -0.1) is 0 Å². The fourth-order valence-corrected chi connectivity index (χ4v) is 1.96. The van der Waals surface area contributed by atoms with E-state index in [0.29, 0.717) is 11.5 Å². The van der Waals surface area contributed by atoms with Crippen LogP contribution in [-0.2, 0) is 12.0 Å². The Labute approximate surface area is 108 Å². The molecule has 0 saturated carbocycles. The van der Waals surface area contributed by atoms with Crippen molar-refractivity contribution in [1.82, 2.24) is 0 Å². The summed E-state index contributed by atoms with van der Waals surface area (Å²) in [5, 5.41) is 10.2. The topological polar surface area (TPSA) is 20.2 Å². The number of alkyl halides is 2. The highest BCUT2D eigenvalue weighted by Crippen LogP contribution is 2.33. The van der Waals surface area contributed by atoms with Crippen LogP contribution < -0.4 is 0 Å². The minimum absolute atomic E-state index is 0.544. The molecule has 0 fully saturated rings. The average Bonchev–Trinajstić information content (AvgIpc) is 2.27. The molecule has 0 spiro atoms. The zero-order valence-corrected chi connectivity index (χ0v) is 11.5. The second-order valence-corrected chi connectivity index (χ2v) is 5.57. The van der Waals surface area contributed by atoms with Crippen LogP contribution in [0.15, 0.2) is 24.3 Å². The van der Waals surface area contributed by atoms with Crippen molar-refractivity contribution in [3.8, 4) is 0 Å². The summed E-state index contributed by atoms with van der Waals surface area (Å²) < 4.78 is 25.4. The monoisotopic (exact) mass is 256 g/mol. The molecule has 0 aliphatic rings. The van der Waals surface area contributed by atoms with Gasteiger partial charge in [-0.3, -0.25) is 0 Å². The van der Waals surface area contributed by atoms with Gasteiger partial charge in [-0.2, -0.15) is 0 Å². The van der Waals surface area contributed by atoms with E-state index in [9.17, 15) is 13.9 Å². The predicted octanol–water partition coefficient (Wildman–Crippen LogP) is 3.99. The Kier molecular flexibility index (Phi) is 4.85. The van der Waals surface area contributed by atoms with Crippen molar-refractivity contribution < 1.29 is 13.9 Å². The molecular formula is C15H22F2O. The number of halogens is 2. The maximum absolute atomic E-state index is 12.7. The molecule has 1 aromatic carbocycles. The van der Waals surface area contributed by atoms with E-state index in [1.165, 1.54) is 13.8 Å². The molecule has 2 atom stereocenters. The minimum Gasteiger partial charge on any atom is -0.385 e. The maximum atomic E-state index is 12.7. The van der Waals surface area contributed by atoms with Crippen molar-refractivity contribution in [3.63, 3.8) is 0 Å². The molecule has 0 radical (unpaired) electrons. The van der Waals surface area contributed by atoms with Crippen molar-refractivity contribution in [2.24, 2.45) is 11.8 Å². The fourth-order valence-electron chi connectivity index (χ4n) is 1.96. The first kappa shape index (κ1) is 15.1. The van der Waals surface area contributed by atoms with Crippen LogP contribution in [0.5, 0.6) is 0 Å². The Hall–Kier alpha value is -0.960. The smallest absolute Gasteiger partial charge is 0.244 e. The van der Waals surface area contributed by atoms with Crippen LogP contribution in [-0.4, -0.2) is 11.5 Å². The van der Waals surface area contributed by atoms with E-state index in [1.807, 2.05) is 12.1 Å². The van der Waals surface area contributed by atoms with Gasteiger partial charge in [0.15, 0.2) is 0 Å². The lowest BCUT2D eigenvalue weighted by molar-refractivity contribution is -0.0696. The predicted molar refractivity (Wildman–Crippen MR) is 69.7 cm³/mol. The summed E-state index contributed by atoms with van der Waals surface area (Å²) in [6.45, 7) is 7.07. The van der Waals surface area contributed by atoms with Crippen molar-refractivity contribution >= 4 is 0 Å². The van der Waals surface area contributed by atoms with Crippen molar-refractivity contribution in [3.05, 3.63) is 35.4 Å². The van der Waals surface area contributed by atoms with Gasteiger partial charge in [0, 0.05) is 5.92 Å². The second kappa shape index (κ2) is 5.79. The third-order valence-electron chi connectivity index (χ3n) is 3.45. The van der Waals surface area contributed by atoms with E-state index in [1.54, 1.807) is 12.1 Å². The highest BCUT2D eigenvalue weighted by atomic mass is 19.3. The number of hydrogen-bond donors (Lipinski definition) is 1. The Morgan fingerprint density at radius 1 is 1.11 bits per heavy atom. The third kappa shape index (κ3) is 3.52. The van der Waals surface area contributed by atoms with Crippen LogP contribution in [0.4, 0.5) is 8.78 Å². The van der Waals surface area contributed by atoms with Crippen LogP contribution in [0, 0.1) is 11.8 Å². The molecular weight excluding hydrogens is 234 g/mol. The van der Waals surface area contributed by atoms with Gasteiger partial charge in [0.1, 0.15) is 0 Å². The zero-order chi connectivity index (χ0) is 13.9. The van der Waals surface area contributed by atoms with E-state index < -0.39 is 17.9 Å². The van der Waals surface area contributed by atoms with Crippen LogP contribution in [0.25, 0.3) is 0 Å². The molecule has 3 heteroatoms. The Morgan fingerprint density at radius 2 is 1.61 bits per heavy atom. The molecule has 0 aliphatic carbocycles. The summed E-state index contributed by atoms with van der Waals surface area (Å²) in [5.74, 6) is -0.537. The van der Waals surface area contributed by atoms with Crippen LogP contribution in [0.3, 0.4) is 0 Å². The number of aliphatic hydroxyl groups is 1. The fraction of sp³-hybridized carbons (Fsp3) is 0.600. The van der Waals surface area contributed by atoms with Gasteiger partial charge in [0.25, 0.3) is 0 Å². The largest absolute Gasteiger partial charge is 0.385 e. The molecule has 0 bridgehead atoms. The summed E-state index contributed by atoms with van der Waals surface area (Å²) >= 11 is 0. The molecule has 1 aromatic rings. The van der Waals surface area contributed by atoms with E-state index in [2.05, 4.69) is 13.8 Å². The van der Waals surface area contributed by atoms with E-state index >= 15 is 0 Å². The molecule has 1 rings (SSSR count). The molecule has 1 N–H and O–H groups in total. The molecule has 0 aliphatic heterocycles. The Bertz CT molecular complexity index is 369. The highest BCUT2D eigenvalue weighted by Gasteiger charge is 2.36. The van der Waals surface area contributed by atoms with Crippen LogP contribution in [0.1, 0.15) is 38.8 Å². The second-order valence-electron chi connectivity index (χ2n) is 5.57. The standard InChI is InChI=1S/C15H22F2O/c1-10(2)9-12-5-7-13(8-6-12)15(4,18)11(3)14(16)17/h5-8,10-11,14,18H,9H2,1-4H3. The van der Waals surface area contributed by atoms with Gasteiger partial charge in [0.05, 0.1) is 5.60 Å². The van der Waals surface area contributed by atoms with Crippen LogP contribution in [0.2, 0.25) is 0 Å². The lowest BCUT2D eigenvalue weighted by Crippen LogP contribution is -2.34. The summed E-state index contributed by atoms with van der Waals surface area (Å²) in [6.07, 6.45) is -1.58. The first-order valence-corrected chi connectivity index (χ1v) is 6.35. The molecule has 0 saturated heterocycles. The van der Waals surface area contributed by atoms with E-state index in [-0.39, 0.29) is 0 Å². The van der Waals surface area contributed by atoms with Gasteiger partial charge >= 0.3 is 0 Å². The lowest BCUT2D eigenvalue weighted by atomic mass is 9.83. The summed E-state index contributed by atoms with van der Waals surface area (Å²) in [5.41, 5.74) is 0.210. The average molecular weight is 256 g/mol. The molecule has 2 unspecified atom stereocenters. The first-order valence-electron chi connectivity index (χ1n) is 6.35. The summed E-state index contributed by atoms with van der Waals surface area (Å²) in [7, 11) is 0. The maximum Gasteiger partial charge on any atom is 0.244 e. The summed E-state index contributed by atoms with van der Waals surface area (Å²) in [6, 6.07) is 7.30. The van der Waals surface area contributed by atoms with E-state index in [0.717, 1.165) is 12.0 Å². The third-order valence-corrected chi connectivity index (χ3v) is 3.45. The number of benzene rings is 1.